The van der Waals surface area contributed by atoms with Crippen LogP contribution in [0, 0.1) is 17.2 Å². The Labute approximate surface area is 129 Å². The number of rotatable bonds is 2. The lowest BCUT2D eigenvalue weighted by molar-refractivity contribution is 0.339. The van der Waals surface area contributed by atoms with Crippen LogP contribution in [-0.4, -0.2) is 38.4 Å². The Balaban J connectivity index is 1.89. The molecule has 0 bridgehead atoms. The summed E-state index contributed by atoms with van der Waals surface area (Å²) in [5.74, 6) is 0.380. The van der Waals surface area contributed by atoms with Gasteiger partial charge in [-0.3, -0.25) is 0 Å². The van der Waals surface area contributed by atoms with Gasteiger partial charge in [0.1, 0.15) is 4.90 Å². The van der Waals surface area contributed by atoms with Gasteiger partial charge in [0.15, 0.2) is 0 Å². The highest BCUT2D eigenvalue weighted by Crippen LogP contribution is 2.32. The largest absolute Gasteiger partial charge is 0.312 e. The number of hydrogen-bond acceptors (Lipinski definition) is 4. The molecule has 0 spiro atoms. The van der Waals surface area contributed by atoms with Crippen molar-refractivity contribution in [2.24, 2.45) is 5.92 Å². The first-order valence-corrected chi connectivity index (χ1v) is 8.77. The van der Waals surface area contributed by atoms with Crippen LogP contribution in [-0.2, 0) is 10.0 Å². The van der Waals surface area contributed by atoms with E-state index in [1.54, 1.807) is 0 Å². The average Bonchev–Trinajstić information content (AvgIpc) is 2.91. The molecule has 2 saturated heterocycles. The van der Waals surface area contributed by atoms with E-state index in [9.17, 15) is 8.42 Å². The average molecular weight is 326 g/mol. The second kappa shape index (κ2) is 5.58. The second-order valence-corrected chi connectivity index (χ2v) is 7.86. The van der Waals surface area contributed by atoms with E-state index in [4.69, 9.17) is 16.9 Å². The Morgan fingerprint density at radius 1 is 1.38 bits per heavy atom. The highest BCUT2D eigenvalue weighted by atomic mass is 35.5. The SMILES string of the molecule is N#Cc1ccc(S(=O)(=O)N2C[C@@H]3CCCN[C@@H]3C2)c(Cl)c1. The summed E-state index contributed by atoms with van der Waals surface area (Å²) in [6, 6.07) is 6.50. The number of benzene rings is 1. The van der Waals surface area contributed by atoms with Crippen LogP contribution < -0.4 is 5.32 Å². The predicted octanol–water partition coefficient (Wildman–Crippen LogP) is 1.58. The second-order valence-electron chi connectivity index (χ2n) is 5.54. The zero-order valence-electron chi connectivity index (χ0n) is 11.4. The first kappa shape index (κ1) is 14.8. The van der Waals surface area contributed by atoms with E-state index in [1.165, 1.54) is 22.5 Å². The molecule has 1 N–H and O–H groups in total. The van der Waals surface area contributed by atoms with Crippen LogP contribution in [0.25, 0.3) is 0 Å². The summed E-state index contributed by atoms with van der Waals surface area (Å²) >= 11 is 6.05. The van der Waals surface area contributed by atoms with Gasteiger partial charge in [0.05, 0.1) is 16.7 Å². The summed E-state index contributed by atoms with van der Waals surface area (Å²) in [5.41, 5.74) is 0.357. The fraction of sp³-hybridized carbons (Fsp3) is 0.500. The fourth-order valence-corrected chi connectivity index (χ4v) is 5.16. The molecule has 0 aromatic heterocycles. The minimum absolute atomic E-state index is 0.0850. The third-order valence-corrected chi connectivity index (χ3v) is 6.56. The molecule has 0 amide bonds. The summed E-state index contributed by atoms with van der Waals surface area (Å²) in [5, 5.41) is 12.3. The van der Waals surface area contributed by atoms with Gasteiger partial charge in [-0.25, -0.2) is 8.42 Å². The number of piperidine rings is 1. The van der Waals surface area contributed by atoms with Gasteiger partial charge in [0, 0.05) is 19.1 Å². The molecule has 7 heteroatoms. The third-order valence-electron chi connectivity index (χ3n) is 4.24. The van der Waals surface area contributed by atoms with E-state index in [2.05, 4.69) is 5.32 Å². The van der Waals surface area contributed by atoms with Crippen molar-refractivity contribution >= 4 is 21.6 Å². The maximum absolute atomic E-state index is 12.7. The van der Waals surface area contributed by atoms with Crippen molar-refractivity contribution in [1.29, 1.82) is 5.26 Å². The first-order valence-electron chi connectivity index (χ1n) is 6.95. The quantitative estimate of drug-likeness (QED) is 0.896. The normalized spacial score (nSPS) is 26.3. The van der Waals surface area contributed by atoms with Crippen molar-refractivity contribution in [3.8, 4) is 6.07 Å². The van der Waals surface area contributed by atoms with Crippen molar-refractivity contribution in [3.63, 3.8) is 0 Å². The van der Waals surface area contributed by atoms with E-state index in [0.717, 1.165) is 19.4 Å². The van der Waals surface area contributed by atoms with Crippen LogP contribution in [0.4, 0.5) is 0 Å². The smallest absolute Gasteiger partial charge is 0.244 e. The summed E-state index contributed by atoms with van der Waals surface area (Å²) in [7, 11) is -3.60. The molecular formula is C14H16ClN3O2S. The maximum atomic E-state index is 12.7. The van der Waals surface area contributed by atoms with E-state index in [0.29, 0.717) is 24.6 Å². The lowest BCUT2D eigenvalue weighted by atomic mass is 9.94. The lowest BCUT2D eigenvalue weighted by Gasteiger charge is -2.24. The molecule has 0 radical (unpaired) electrons. The van der Waals surface area contributed by atoms with Crippen LogP contribution in [0.15, 0.2) is 23.1 Å². The maximum Gasteiger partial charge on any atom is 0.244 e. The van der Waals surface area contributed by atoms with Gasteiger partial charge < -0.3 is 5.32 Å². The standard InChI is InChI=1S/C14H16ClN3O2S/c15-12-6-10(7-16)3-4-14(12)21(19,20)18-8-11-2-1-5-17-13(11)9-18/h3-4,6,11,13,17H,1-2,5,8-9H2/t11-,13+/m0/s1. The van der Waals surface area contributed by atoms with Gasteiger partial charge in [-0.2, -0.15) is 9.57 Å². The summed E-state index contributed by atoms with van der Waals surface area (Å²) < 4.78 is 27.0. The van der Waals surface area contributed by atoms with E-state index < -0.39 is 10.0 Å². The first-order chi connectivity index (χ1) is 10.0. The molecule has 0 aliphatic carbocycles. The third kappa shape index (κ3) is 2.67. The van der Waals surface area contributed by atoms with Gasteiger partial charge >= 0.3 is 0 Å². The molecule has 3 rings (SSSR count). The van der Waals surface area contributed by atoms with Crippen molar-refractivity contribution in [2.75, 3.05) is 19.6 Å². The Hall–Kier alpha value is -1.13. The van der Waals surface area contributed by atoms with Gasteiger partial charge in [-0.05, 0) is 43.5 Å². The van der Waals surface area contributed by atoms with Crippen LogP contribution in [0.2, 0.25) is 5.02 Å². The van der Waals surface area contributed by atoms with Crippen LogP contribution >= 0.6 is 11.6 Å². The zero-order valence-corrected chi connectivity index (χ0v) is 13.0. The van der Waals surface area contributed by atoms with E-state index >= 15 is 0 Å². The molecule has 112 valence electrons. The number of nitrogens with one attached hydrogen (secondary N) is 1. The molecule has 2 atom stereocenters. The Morgan fingerprint density at radius 3 is 2.86 bits per heavy atom. The van der Waals surface area contributed by atoms with Gasteiger partial charge in [-0.15, -0.1) is 0 Å². The molecule has 21 heavy (non-hydrogen) atoms. The molecule has 2 aliphatic rings. The topological polar surface area (TPSA) is 73.2 Å². The summed E-state index contributed by atoms with van der Waals surface area (Å²) in [6.07, 6.45) is 2.15. The van der Waals surface area contributed by atoms with Crippen molar-refractivity contribution in [3.05, 3.63) is 28.8 Å². The predicted molar refractivity (Wildman–Crippen MR) is 79.4 cm³/mol. The Kier molecular flexibility index (Phi) is 3.93. The Morgan fingerprint density at radius 2 is 2.19 bits per heavy atom. The number of halogens is 1. The highest BCUT2D eigenvalue weighted by Gasteiger charge is 2.40. The molecule has 0 saturated carbocycles. The van der Waals surface area contributed by atoms with Crippen LogP contribution in [0.5, 0.6) is 0 Å². The van der Waals surface area contributed by atoms with Crippen molar-refractivity contribution in [1.82, 2.24) is 9.62 Å². The highest BCUT2D eigenvalue weighted by molar-refractivity contribution is 7.89. The minimum atomic E-state index is -3.60. The molecule has 2 fully saturated rings. The molecule has 2 heterocycles. The molecule has 5 nitrogen and oxygen atoms in total. The number of sulfonamides is 1. The minimum Gasteiger partial charge on any atom is -0.312 e. The van der Waals surface area contributed by atoms with Gasteiger partial charge in [-0.1, -0.05) is 11.6 Å². The summed E-state index contributed by atoms with van der Waals surface area (Å²) in [4.78, 5) is 0.0850. The Bertz CT molecular complexity index is 685. The number of nitrogens with zero attached hydrogens (tertiary/aromatic N) is 2. The van der Waals surface area contributed by atoms with Crippen molar-refractivity contribution in [2.45, 2.75) is 23.8 Å². The molecule has 1 aromatic carbocycles. The van der Waals surface area contributed by atoms with E-state index in [1.807, 2.05) is 6.07 Å². The number of nitriles is 1. The van der Waals surface area contributed by atoms with E-state index in [-0.39, 0.29) is 16.0 Å². The van der Waals surface area contributed by atoms with Gasteiger partial charge in [0.25, 0.3) is 0 Å². The molecule has 0 unspecified atom stereocenters. The van der Waals surface area contributed by atoms with Crippen LogP contribution in [0.1, 0.15) is 18.4 Å². The fourth-order valence-electron chi connectivity index (χ4n) is 3.12. The zero-order chi connectivity index (χ0) is 15.0. The monoisotopic (exact) mass is 325 g/mol. The lowest BCUT2D eigenvalue weighted by Crippen LogP contribution is -2.41. The number of fused-ring (bicyclic) bond motifs is 1. The molecule has 2 aliphatic heterocycles. The van der Waals surface area contributed by atoms with Crippen LogP contribution in [0.3, 0.4) is 0 Å². The van der Waals surface area contributed by atoms with Gasteiger partial charge in [0.2, 0.25) is 10.0 Å². The molecular weight excluding hydrogens is 310 g/mol. The van der Waals surface area contributed by atoms with Crippen molar-refractivity contribution < 1.29 is 8.42 Å². The molecule has 1 aromatic rings. The number of hydrogen-bond donors (Lipinski definition) is 1. The summed E-state index contributed by atoms with van der Waals surface area (Å²) in [6.45, 7) is 1.98.